The summed E-state index contributed by atoms with van der Waals surface area (Å²) in [7, 11) is 0. The molecule has 0 radical (unpaired) electrons. The van der Waals surface area contributed by atoms with Crippen LogP contribution < -0.4 is 19.5 Å². The monoisotopic (exact) mass is 345 g/mol. The van der Waals surface area contributed by atoms with Gasteiger partial charge in [-0.25, -0.2) is 0 Å². The zero-order valence-corrected chi connectivity index (χ0v) is 13.6. The Morgan fingerprint density at radius 2 is 2.24 bits per heavy atom. The maximum atomic E-state index is 12.1. The van der Waals surface area contributed by atoms with Crippen LogP contribution in [0.5, 0.6) is 17.2 Å². The molecular formula is C17H19N3O5. The Bertz CT molecular complexity index is 754. The smallest absolute Gasteiger partial charge is 0.271 e. The van der Waals surface area contributed by atoms with Crippen LogP contribution in [0.1, 0.15) is 22.6 Å². The van der Waals surface area contributed by atoms with Crippen molar-refractivity contribution in [2.45, 2.75) is 13.0 Å². The van der Waals surface area contributed by atoms with E-state index in [0.29, 0.717) is 47.7 Å². The predicted octanol–water partition coefficient (Wildman–Crippen LogP) is 1.48. The number of benzene rings is 1. The third-order valence-corrected chi connectivity index (χ3v) is 4.18. The number of carbonyl (C=O) groups excluding carboxylic acids is 1. The van der Waals surface area contributed by atoms with Crippen LogP contribution in [0.2, 0.25) is 0 Å². The number of carbonyl (C=O) groups is 1. The molecule has 1 fully saturated rings. The highest BCUT2D eigenvalue weighted by Gasteiger charge is 2.18. The molecular weight excluding hydrogens is 326 g/mol. The first-order valence-corrected chi connectivity index (χ1v) is 8.20. The van der Waals surface area contributed by atoms with Gasteiger partial charge in [-0.15, -0.1) is 0 Å². The lowest BCUT2D eigenvalue weighted by Crippen LogP contribution is -2.29. The summed E-state index contributed by atoms with van der Waals surface area (Å²) in [5, 5.41) is 9.74. The van der Waals surface area contributed by atoms with Gasteiger partial charge in [0.25, 0.3) is 5.91 Å². The number of hydrogen-bond donors (Lipinski definition) is 2. The van der Waals surface area contributed by atoms with E-state index in [2.05, 4.69) is 15.5 Å². The molecule has 2 aliphatic rings. The molecule has 0 aliphatic carbocycles. The van der Waals surface area contributed by atoms with Gasteiger partial charge in [-0.05, 0) is 24.6 Å². The van der Waals surface area contributed by atoms with Gasteiger partial charge in [0.05, 0.1) is 12.3 Å². The van der Waals surface area contributed by atoms with Gasteiger partial charge in [-0.1, -0.05) is 0 Å². The van der Waals surface area contributed by atoms with E-state index >= 15 is 0 Å². The van der Waals surface area contributed by atoms with E-state index in [1.54, 1.807) is 24.3 Å². The fraction of sp³-hybridized carbons (Fsp3) is 0.412. The molecule has 132 valence electrons. The molecule has 2 aliphatic heterocycles. The van der Waals surface area contributed by atoms with Crippen LogP contribution in [0.25, 0.3) is 0 Å². The highest BCUT2D eigenvalue weighted by Crippen LogP contribution is 2.35. The van der Waals surface area contributed by atoms with Crippen molar-refractivity contribution in [3.05, 3.63) is 35.7 Å². The van der Waals surface area contributed by atoms with E-state index in [1.165, 1.54) is 0 Å². The van der Waals surface area contributed by atoms with Crippen LogP contribution in [0.4, 0.5) is 0 Å². The highest BCUT2D eigenvalue weighted by molar-refractivity contribution is 5.92. The van der Waals surface area contributed by atoms with Crippen molar-refractivity contribution < 1.29 is 23.7 Å². The fourth-order valence-electron chi connectivity index (χ4n) is 2.75. The second kappa shape index (κ2) is 7.02. The number of amides is 1. The summed E-state index contributed by atoms with van der Waals surface area (Å²) < 4.78 is 21.6. The van der Waals surface area contributed by atoms with Crippen molar-refractivity contribution in [3.8, 4) is 17.2 Å². The SMILES string of the molecule is O=C(NCC1CCOC1)c1cc(COc2ccc3c(c2)OCO3)[nH]n1. The Morgan fingerprint density at radius 1 is 1.32 bits per heavy atom. The summed E-state index contributed by atoms with van der Waals surface area (Å²) in [5.41, 5.74) is 1.07. The first-order valence-electron chi connectivity index (χ1n) is 8.20. The third kappa shape index (κ3) is 3.69. The molecule has 2 N–H and O–H groups in total. The number of ether oxygens (including phenoxy) is 4. The molecule has 0 spiro atoms. The zero-order chi connectivity index (χ0) is 17.1. The minimum atomic E-state index is -0.197. The molecule has 8 heteroatoms. The maximum Gasteiger partial charge on any atom is 0.271 e. The maximum absolute atomic E-state index is 12.1. The van der Waals surface area contributed by atoms with Crippen LogP contribution >= 0.6 is 0 Å². The molecule has 1 saturated heterocycles. The lowest BCUT2D eigenvalue weighted by atomic mass is 10.1. The first-order chi connectivity index (χ1) is 12.3. The summed E-state index contributed by atoms with van der Waals surface area (Å²) >= 11 is 0. The molecule has 0 bridgehead atoms. The number of hydrogen-bond acceptors (Lipinski definition) is 6. The molecule has 1 aromatic heterocycles. The van der Waals surface area contributed by atoms with E-state index in [4.69, 9.17) is 18.9 Å². The van der Waals surface area contributed by atoms with Gasteiger partial charge in [0.2, 0.25) is 6.79 Å². The lowest BCUT2D eigenvalue weighted by molar-refractivity contribution is 0.0940. The first kappa shape index (κ1) is 15.8. The van der Waals surface area contributed by atoms with Gasteiger partial charge in [0.15, 0.2) is 11.5 Å². The number of rotatable bonds is 6. The summed E-state index contributed by atoms with van der Waals surface area (Å²) in [6, 6.07) is 7.07. The zero-order valence-electron chi connectivity index (χ0n) is 13.6. The molecule has 3 heterocycles. The van der Waals surface area contributed by atoms with Gasteiger partial charge < -0.3 is 24.3 Å². The molecule has 1 unspecified atom stereocenters. The normalized spacial score (nSPS) is 18.3. The number of aromatic amines is 1. The summed E-state index contributed by atoms with van der Waals surface area (Å²) in [4.78, 5) is 12.1. The number of H-pyrrole nitrogens is 1. The predicted molar refractivity (Wildman–Crippen MR) is 86.7 cm³/mol. The molecule has 2 aromatic rings. The third-order valence-electron chi connectivity index (χ3n) is 4.18. The lowest BCUT2D eigenvalue weighted by Gasteiger charge is -2.07. The van der Waals surface area contributed by atoms with Crippen LogP contribution in [0, 0.1) is 5.92 Å². The van der Waals surface area contributed by atoms with Crippen LogP contribution in [0.3, 0.4) is 0 Å². The van der Waals surface area contributed by atoms with Crippen LogP contribution in [0.15, 0.2) is 24.3 Å². The molecule has 4 rings (SSSR count). The van der Waals surface area contributed by atoms with Crippen molar-refractivity contribution in [1.29, 1.82) is 0 Å². The number of aromatic nitrogens is 2. The summed E-state index contributed by atoms with van der Waals surface area (Å²) in [5.74, 6) is 2.22. The van der Waals surface area contributed by atoms with Crippen LogP contribution in [-0.2, 0) is 11.3 Å². The molecule has 1 aromatic carbocycles. The molecule has 8 nitrogen and oxygen atoms in total. The number of nitrogens with one attached hydrogen (secondary N) is 2. The Labute approximate surface area is 144 Å². The number of fused-ring (bicyclic) bond motifs is 1. The molecule has 25 heavy (non-hydrogen) atoms. The van der Waals surface area contributed by atoms with Crippen molar-refractivity contribution in [1.82, 2.24) is 15.5 Å². The Balaban J connectivity index is 1.29. The van der Waals surface area contributed by atoms with Crippen molar-refractivity contribution >= 4 is 5.91 Å². The van der Waals surface area contributed by atoms with E-state index in [9.17, 15) is 4.79 Å². The van der Waals surface area contributed by atoms with Gasteiger partial charge in [0.1, 0.15) is 18.1 Å². The van der Waals surface area contributed by atoms with Crippen molar-refractivity contribution in [2.24, 2.45) is 5.92 Å². The van der Waals surface area contributed by atoms with Gasteiger partial charge in [-0.2, -0.15) is 5.10 Å². The Kier molecular flexibility index (Phi) is 4.43. The van der Waals surface area contributed by atoms with Crippen LogP contribution in [-0.4, -0.2) is 42.7 Å². The van der Waals surface area contributed by atoms with E-state index in [1.807, 2.05) is 0 Å². The van der Waals surface area contributed by atoms with Gasteiger partial charge in [0, 0.05) is 25.1 Å². The topological polar surface area (TPSA) is 94.7 Å². The summed E-state index contributed by atoms with van der Waals surface area (Å²) in [6.45, 7) is 2.58. The average Bonchev–Trinajstić information content (AvgIpc) is 3.39. The Hall–Kier alpha value is -2.74. The van der Waals surface area contributed by atoms with E-state index < -0.39 is 0 Å². The molecule has 1 amide bonds. The fourth-order valence-corrected chi connectivity index (χ4v) is 2.75. The van der Waals surface area contributed by atoms with Crippen molar-refractivity contribution in [2.75, 3.05) is 26.6 Å². The second-order valence-corrected chi connectivity index (χ2v) is 6.02. The Morgan fingerprint density at radius 3 is 3.12 bits per heavy atom. The minimum absolute atomic E-state index is 0.197. The highest BCUT2D eigenvalue weighted by atomic mass is 16.7. The summed E-state index contributed by atoms with van der Waals surface area (Å²) in [6.07, 6.45) is 0.982. The number of nitrogens with zero attached hydrogens (tertiary/aromatic N) is 1. The van der Waals surface area contributed by atoms with Crippen molar-refractivity contribution in [3.63, 3.8) is 0 Å². The van der Waals surface area contributed by atoms with E-state index in [-0.39, 0.29) is 19.3 Å². The van der Waals surface area contributed by atoms with Gasteiger partial charge in [-0.3, -0.25) is 9.89 Å². The largest absolute Gasteiger partial charge is 0.487 e. The standard InChI is InChI=1S/C17H19N3O5/c21-17(18-7-11-3-4-22-8-11)14-5-12(19-20-14)9-23-13-1-2-15-16(6-13)25-10-24-15/h1-2,5-6,11H,3-4,7-10H2,(H,18,21)(H,19,20). The molecule has 0 saturated carbocycles. The van der Waals surface area contributed by atoms with E-state index in [0.717, 1.165) is 13.0 Å². The quantitative estimate of drug-likeness (QED) is 0.824. The second-order valence-electron chi connectivity index (χ2n) is 6.02. The van der Waals surface area contributed by atoms with Gasteiger partial charge >= 0.3 is 0 Å². The molecule has 1 atom stereocenters. The average molecular weight is 345 g/mol. The minimum Gasteiger partial charge on any atom is -0.487 e.